The molecule has 1 heterocycles. The molecule has 0 radical (unpaired) electrons. The molecule has 0 aliphatic heterocycles. The predicted molar refractivity (Wildman–Crippen MR) is 93.7 cm³/mol. The van der Waals surface area contributed by atoms with E-state index in [1.165, 1.54) is 24.7 Å². The topological polar surface area (TPSA) is 117 Å². The lowest BCUT2D eigenvalue weighted by atomic mass is 10.2. The first kappa shape index (κ1) is 19.2. The van der Waals surface area contributed by atoms with E-state index in [0.717, 1.165) is 16.1 Å². The van der Waals surface area contributed by atoms with Crippen LogP contribution in [0.3, 0.4) is 0 Å². The Morgan fingerprint density at radius 2 is 2.04 bits per heavy atom. The van der Waals surface area contributed by atoms with E-state index < -0.39 is 10.0 Å². The summed E-state index contributed by atoms with van der Waals surface area (Å²) >= 11 is 1.11. The zero-order chi connectivity index (χ0) is 18.6. The molecule has 9 nitrogen and oxygen atoms in total. The van der Waals surface area contributed by atoms with E-state index in [0.29, 0.717) is 10.7 Å². The molecule has 11 heteroatoms. The molecule has 0 fully saturated rings. The van der Waals surface area contributed by atoms with Gasteiger partial charge in [0.15, 0.2) is 5.16 Å². The number of nitrogens with zero attached hydrogens (tertiary/aromatic N) is 3. The van der Waals surface area contributed by atoms with Crippen LogP contribution in [0.1, 0.15) is 5.56 Å². The second-order valence-corrected chi connectivity index (χ2v) is 8.39. The van der Waals surface area contributed by atoms with E-state index in [-0.39, 0.29) is 28.8 Å². The van der Waals surface area contributed by atoms with E-state index in [9.17, 15) is 18.0 Å². The summed E-state index contributed by atoms with van der Waals surface area (Å²) in [4.78, 5) is 23.4. The highest BCUT2D eigenvalue weighted by Gasteiger charge is 2.20. The van der Waals surface area contributed by atoms with Crippen LogP contribution in [0.25, 0.3) is 0 Å². The Morgan fingerprint density at radius 3 is 2.64 bits per heavy atom. The number of aromatic nitrogens is 3. The molecule has 136 valence electrons. The molecule has 0 aliphatic carbocycles. The number of benzene rings is 1. The summed E-state index contributed by atoms with van der Waals surface area (Å²) in [6.07, 6.45) is 0. The summed E-state index contributed by atoms with van der Waals surface area (Å²) in [5.74, 6) is -0.238. The lowest BCUT2D eigenvalue weighted by Gasteiger charge is -2.15. The number of carbonyl (C=O) groups is 1. The van der Waals surface area contributed by atoms with Crippen molar-refractivity contribution in [3.05, 3.63) is 40.3 Å². The maximum Gasteiger partial charge on any atom is 0.343 e. The van der Waals surface area contributed by atoms with Crippen LogP contribution in [-0.2, 0) is 28.4 Å². The first-order valence-electron chi connectivity index (χ1n) is 7.25. The third-order valence-corrected chi connectivity index (χ3v) is 6.32. The zero-order valence-corrected chi connectivity index (χ0v) is 15.6. The zero-order valence-electron chi connectivity index (χ0n) is 14.0. The summed E-state index contributed by atoms with van der Waals surface area (Å²) in [5, 5.41) is 9.16. The maximum atomic E-state index is 12.3. The minimum Gasteiger partial charge on any atom is -0.351 e. The van der Waals surface area contributed by atoms with Crippen LogP contribution in [-0.4, -0.2) is 53.2 Å². The summed E-state index contributed by atoms with van der Waals surface area (Å²) < 4.78 is 27.1. The molecule has 0 aliphatic rings. The molecule has 0 spiro atoms. The van der Waals surface area contributed by atoms with Crippen molar-refractivity contribution in [1.82, 2.24) is 24.4 Å². The second kappa shape index (κ2) is 7.85. The number of carbonyl (C=O) groups excluding carboxylic acids is 1. The lowest BCUT2D eigenvalue weighted by molar-refractivity contribution is -0.118. The predicted octanol–water partition coefficient (Wildman–Crippen LogP) is -0.233. The Morgan fingerprint density at radius 1 is 1.36 bits per heavy atom. The largest absolute Gasteiger partial charge is 0.351 e. The maximum absolute atomic E-state index is 12.3. The number of nitrogens with one attached hydrogen (secondary N) is 2. The monoisotopic (exact) mass is 385 g/mol. The summed E-state index contributed by atoms with van der Waals surface area (Å²) in [5.41, 5.74) is 0.146. The minimum atomic E-state index is -3.59. The molecule has 0 bridgehead atoms. The van der Waals surface area contributed by atoms with Crippen molar-refractivity contribution in [2.45, 2.75) is 16.6 Å². The molecular formula is C14H19N5O4S2. The van der Waals surface area contributed by atoms with E-state index in [1.807, 2.05) is 0 Å². The number of rotatable bonds is 7. The van der Waals surface area contributed by atoms with Gasteiger partial charge in [0.1, 0.15) is 0 Å². The standard InChI is InChI=1S/C14H19N5O4S2/c1-18(2)25(22,23)11-7-5-4-6-10(11)8-15-12(20)9-24-14-17-16-13(21)19(14)3/h4-7H,8-9H2,1-3H3,(H,15,20)(H,16,21). The Hall–Kier alpha value is -2.11. The van der Waals surface area contributed by atoms with Crippen LogP contribution < -0.4 is 11.0 Å². The van der Waals surface area contributed by atoms with Crippen LogP contribution in [0, 0.1) is 0 Å². The average Bonchev–Trinajstić information content (AvgIpc) is 2.90. The van der Waals surface area contributed by atoms with Gasteiger partial charge in [-0.3, -0.25) is 9.36 Å². The first-order chi connectivity index (χ1) is 11.7. The summed E-state index contributed by atoms with van der Waals surface area (Å²) in [7, 11) is 0.869. The molecule has 2 N–H and O–H groups in total. The molecule has 0 saturated heterocycles. The highest BCUT2D eigenvalue weighted by Crippen LogP contribution is 2.18. The van der Waals surface area contributed by atoms with Crippen molar-refractivity contribution >= 4 is 27.7 Å². The normalized spacial score (nSPS) is 11.7. The van der Waals surface area contributed by atoms with Gasteiger partial charge in [-0.05, 0) is 11.6 Å². The Kier molecular flexibility index (Phi) is 6.03. The van der Waals surface area contributed by atoms with Crippen molar-refractivity contribution in [2.75, 3.05) is 19.8 Å². The second-order valence-electron chi connectivity index (χ2n) is 5.33. The van der Waals surface area contributed by atoms with Gasteiger partial charge in [-0.15, -0.1) is 5.10 Å². The van der Waals surface area contributed by atoms with Crippen LogP contribution >= 0.6 is 11.8 Å². The van der Waals surface area contributed by atoms with Gasteiger partial charge in [0, 0.05) is 27.7 Å². The third-order valence-electron chi connectivity index (χ3n) is 3.38. The molecule has 0 saturated carbocycles. The SMILES string of the molecule is CN(C)S(=O)(=O)c1ccccc1CNC(=O)CSc1n[nH]c(=O)n1C. The molecule has 0 unspecified atom stereocenters. The van der Waals surface area contributed by atoms with E-state index in [2.05, 4.69) is 15.5 Å². The number of amides is 1. The molecule has 1 amide bonds. The number of thioether (sulfide) groups is 1. The summed E-state index contributed by atoms with van der Waals surface area (Å²) in [6, 6.07) is 6.51. The number of hydrogen-bond acceptors (Lipinski definition) is 6. The van der Waals surface area contributed by atoms with Gasteiger partial charge in [0.2, 0.25) is 15.9 Å². The molecule has 1 aromatic carbocycles. The van der Waals surface area contributed by atoms with Crippen LogP contribution in [0.5, 0.6) is 0 Å². The van der Waals surface area contributed by atoms with Crippen LogP contribution in [0.2, 0.25) is 0 Å². The van der Waals surface area contributed by atoms with Gasteiger partial charge in [-0.25, -0.2) is 22.6 Å². The van der Waals surface area contributed by atoms with E-state index in [4.69, 9.17) is 0 Å². The van der Waals surface area contributed by atoms with E-state index >= 15 is 0 Å². The quantitative estimate of drug-likeness (QED) is 0.636. The third kappa shape index (κ3) is 4.50. The Bertz CT molecular complexity index is 917. The number of sulfonamides is 1. The lowest BCUT2D eigenvalue weighted by Crippen LogP contribution is -2.28. The molecule has 25 heavy (non-hydrogen) atoms. The van der Waals surface area contributed by atoms with Crippen LogP contribution in [0.4, 0.5) is 0 Å². The van der Waals surface area contributed by atoms with Crippen molar-refractivity contribution in [3.63, 3.8) is 0 Å². The fraction of sp³-hybridized carbons (Fsp3) is 0.357. The molecular weight excluding hydrogens is 366 g/mol. The van der Waals surface area contributed by atoms with Gasteiger partial charge in [0.25, 0.3) is 0 Å². The Balaban J connectivity index is 2.01. The van der Waals surface area contributed by atoms with Gasteiger partial charge in [-0.1, -0.05) is 30.0 Å². The van der Waals surface area contributed by atoms with Crippen molar-refractivity contribution < 1.29 is 13.2 Å². The van der Waals surface area contributed by atoms with Crippen molar-refractivity contribution in [3.8, 4) is 0 Å². The van der Waals surface area contributed by atoms with E-state index in [1.54, 1.807) is 25.2 Å². The fourth-order valence-electron chi connectivity index (χ4n) is 1.93. The minimum absolute atomic E-state index is 0.0563. The highest BCUT2D eigenvalue weighted by atomic mass is 32.2. The number of hydrogen-bond donors (Lipinski definition) is 2. The average molecular weight is 385 g/mol. The summed E-state index contributed by atoms with van der Waals surface area (Å²) in [6.45, 7) is 0.0854. The first-order valence-corrected chi connectivity index (χ1v) is 9.67. The molecule has 2 rings (SSSR count). The van der Waals surface area contributed by atoms with Crippen LogP contribution in [0.15, 0.2) is 39.1 Å². The van der Waals surface area contributed by atoms with Crippen molar-refractivity contribution in [2.24, 2.45) is 7.05 Å². The highest BCUT2D eigenvalue weighted by molar-refractivity contribution is 7.99. The smallest absolute Gasteiger partial charge is 0.343 e. The van der Waals surface area contributed by atoms with Crippen molar-refractivity contribution in [1.29, 1.82) is 0 Å². The number of aromatic amines is 1. The fourth-order valence-corrected chi connectivity index (χ4v) is 3.80. The Labute approximate surface area is 149 Å². The van der Waals surface area contributed by atoms with Gasteiger partial charge in [0.05, 0.1) is 10.6 Å². The van der Waals surface area contributed by atoms with Gasteiger partial charge >= 0.3 is 5.69 Å². The van der Waals surface area contributed by atoms with Gasteiger partial charge < -0.3 is 5.32 Å². The molecule has 0 atom stereocenters. The molecule has 1 aromatic heterocycles. The number of H-pyrrole nitrogens is 1. The van der Waals surface area contributed by atoms with Gasteiger partial charge in [-0.2, -0.15) is 0 Å². The molecule has 2 aromatic rings.